The molecule has 0 bridgehead atoms. The summed E-state index contributed by atoms with van der Waals surface area (Å²) in [5.41, 5.74) is 2.27. The minimum atomic E-state index is -0.251. The van der Waals surface area contributed by atoms with Gasteiger partial charge in [0.25, 0.3) is 0 Å². The quantitative estimate of drug-likeness (QED) is 0.729. The first-order chi connectivity index (χ1) is 9.74. The molecule has 104 valence electrons. The Morgan fingerprint density at radius 1 is 1.25 bits per heavy atom. The van der Waals surface area contributed by atoms with E-state index < -0.39 is 0 Å². The number of hydrogen-bond donors (Lipinski definition) is 0. The fourth-order valence-electron chi connectivity index (χ4n) is 2.32. The van der Waals surface area contributed by atoms with Gasteiger partial charge < -0.3 is 4.74 Å². The maximum Gasteiger partial charge on any atom is 0.127 e. The van der Waals surface area contributed by atoms with E-state index in [-0.39, 0.29) is 5.82 Å². The van der Waals surface area contributed by atoms with Crippen LogP contribution in [-0.4, -0.2) is 11.9 Å². The molecule has 0 aromatic heterocycles. The Morgan fingerprint density at radius 3 is 2.90 bits per heavy atom. The van der Waals surface area contributed by atoms with Crippen LogP contribution in [0.25, 0.3) is 0 Å². The summed E-state index contributed by atoms with van der Waals surface area (Å²) in [6.45, 7) is 0.602. The summed E-state index contributed by atoms with van der Waals surface area (Å²) < 4.78 is 19.2. The van der Waals surface area contributed by atoms with Crippen LogP contribution in [0.15, 0.2) is 47.4 Å². The molecule has 0 radical (unpaired) electrons. The first kappa shape index (κ1) is 14.0. The molecule has 20 heavy (non-hydrogen) atoms. The van der Waals surface area contributed by atoms with Crippen LogP contribution < -0.4 is 4.74 Å². The zero-order chi connectivity index (χ0) is 13.9. The molecule has 3 rings (SSSR count). The lowest BCUT2D eigenvalue weighted by molar-refractivity contribution is 0.315. The van der Waals surface area contributed by atoms with Gasteiger partial charge in [-0.25, -0.2) is 4.39 Å². The molecule has 0 aliphatic carbocycles. The van der Waals surface area contributed by atoms with Gasteiger partial charge in [0.1, 0.15) is 18.2 Å². The van der Waals surface area contributed by atoms with E-state index in [0.717, 1.165) is 12.0 Å². The molecular weight excluding hydrogens is 339 g/mol. The summed E-state index contributed by atoms with van der Waals surface area (Å²) in [6, 6.07) is 13.3. The zero-order valence-corrected chi connectivity index (χ0v) is 13.2. The van der Waals surface area contributed by atoms with Crippen molar-refractivity contribution in [1.82, 2.24) is 0 Å². The minimum Gasteiger partial charge on any atom is -0.492 e. The van der Waals surface area contributed by atoms with Gasteiger partial charge >= 0.3 is 0 Å². The maximum atomic E-state index is 13.4. The Balaban J connectivity index is 1.63. The molecule has 1 aliphatic rings. The van der Waals surface area contributed by atoms with E-state index in [1.807, 2.05) is 17.8 Å². The third kappa shape index (κ3) is 3.18. The molecule has 1 atom stereocenters. The second-order valence-electron chi connectivity index (χ2n) is 4.79. The van der Waals surface area contributed by atoms with Gasteiger partial charge in [0.15, 0.2) is 0 Å². The molecule has 0 amide bonds. The molecule has 0 N–H and O–H groups in total. The highest BCUT2D eigenvalue weighted by atomic mass is 79.9. The van der Waals surface area contributed by atoms with Crippen molar-refractivity contribution in [2.24, 2.45) is 0 Å². The van der Waals surface area contributed by atoms with Gasteiger partial charge in [-0.05, 0) is 35.7 Å². The number of hydrogen-bond acceptors (Lipinski definition) is 2. The van der Waals surface area contributed by atoms with Gasteiger partial charge in [0.2, 0.25) is 0 Å². The van der Waals surface area contributed by atoms with Crippen LogP contribution in [0.1, 0.15) is 11.1 Å². The Hall–Kier alpha value is -1.00. The molecule has 1 nitrogen and oxygen atoms in total. The molecule has 1 aliphatic heterocycles. The SMILES string of the molecule is Fc1cc(CBr)cc(OCC2Cc3ccccc3S2)c1. The van der Waals surface area contributed by atoms with E-state index >= 15 is 0 Å². The first-order valence-electron chi connectivity index (χ1n) is 6.47. The number of fused-ring (bicyclic) bond motifs is 1. The second kappa shape index (κ2) is 6.19. The fourth-order valence-corrected chi connectivity index (χ4v) is 3.86. The molecule has 0 saturated heterocycles. The lowest BCUT2D eigenvalue weighted by Crippen LogP contribution is -2.13. The molecule has 1 heterocycles. The van der Waals surface area contributed by atoms with Crippen molar-refractivity contribution < 1.29 is 9.13 Å². The summed E-state index contributed by atoms with van der Waals surface area (Å²) >= 11 is 5.18. The number of alkyl halides is 1. The van der Waals surface area contributed by atoms with E-state index in [1.54, 1.807) is 0 Å². The predicted octanol–water partition coefficient (Wildman–Crippen LogP) is 4.82. The van der Waals surface area contributed by atoms with Crippen LogP contribution in [0.4, 0.5) is 4.39 Å². The highest BCUT2D eigenvalue weighted by Crippen LogP contribution is 2.37. The Bertz CT molecular complexity index is 592. The normalized spacial score (nSPS) is 17.0. The third-order valence-electron chi connectivity index (χ3n) is 3.24. The molecule has 4 heteroatoms. The van der Waals surface area contributed by atoms with Crippen molar-refractivity contribution in [3.63, 3.8) is 0 Å². The number of benzene rings is 2. The average Bonchev–Trinajstić information content (AvgIpc) is 2.87. The smallest absolute Gasteiger partial charge is 0.127 e. The van der Waals surface area contributed by atoms with E-state index in [2.05, 4.69) is 40.2 Å². The summed E-state index contributed by atoms with van der Waals surface area (Å²) in [7, 11) is 0. The van der Waals surface area contributed by atoms with Crippen molar-refractivity contribution in [3.8, 4) is 5.75 Å². The van der Waals surface area contributed by atoms with Crippen LogP contribution in [0.2, 0.25) is 0 Å². The van der Waals surface area contributed by atoms with E-state index in [4.69, 9.17) is 4.74 Å². The van der Waals surface area contributed by atoms with Gasteiger partial charge in [0.05, 0.1) is 0 Å². The lowest BCUT2D eigenvalue weighted by Gasteiger charge is -2.12. The molecule has 2 aromatic rings. The van der Waals surface area contributed by atoms with E-state index in [0.29, 0.717) is 22.9 Å². The predicted molar refractivity (Wildman–Crippen MR) is 84.3 cm³/mol. The van der Waals surface area contributed by atoms with Crippen LogP contribution >= 0.6 is 27.7 Å². The average molecular weight is 353 g/mol. The largest absolute Gasteiger partial charge is 0.492 e. The second-order valence-corrected chi connectivity index (χ2v) is 6.69. The van der Waals surface area contributed by atoms with Crippen molar-refractivity contribution in [2.75, 3.05) is 6.61 Å². The number of halogens is 2. The standard InChI is InChI=1S/C16H14BrFOS/c17-9-11-5-13(18)8-14(6-11)19-10-15-7-12-3-1-2-4-16(12)20-15/h1-6,8,15H,7,9-10H2. The summed E-state index contributed by atoms with van der Waals surface area (Å²) in [5.74, 6) is 0.357. The Morgan fingerprint density at radius 2 is 2.10 bits per heavy atom. The highest BCUT2D eigenvalue weighted by molar-refractivity contribution is 9.08. The zero-order valence-electron chi connectivity index (χ0n) is 10.8. The van der Waals surface area contributed by atoms with E-state index in [9.17, 15) is 4.39 Å². The van der Waals surface area contributed by atoms with Crippen molar-refractivity contribution in [2.45, 2.75) is 21.9 Å². The molecule has 1 unspecified atom stereocenters. The first-order valence-corrected chi connectivity index (χ1v) is 8.47. The monoisotopic (exact) mass is 352 g/mol. The van der Waals surface area contributed by atoms with Gasteiger partial charge in [-0.1, -0.05) is 34.1 Å². The number of thioether (sulfide) groups is 1. The van der Waals surface area contributed by atoms with Crippen molar-refractivity contribution in [1.29, 1.82) is 0 Å². The van der Waals surface area contributed by atoms with Gasteiger partial charge in [0, 0.05) is 21.5 Å². The van der Waals surface area contributed by atoms with Crippen LogP contribution in [0.5, 0.6) is 5.75 Å². The molecule has 0 spiro atoms. The lowest BCUT2D eigenvalue weighted by atomic mass is 10.1. The molecular formula is C16H14BrFOS. The van der Waals surface area contributed by atoms with E-state index in [1.165, 1.54) is 22.6 Å². The summed E-state index contributed by atoms with van der Waals surface area (Å²) in [6.07, 6.45) is 1.02. The maximum absolute atomic E-state index is 13.4. The summed E-state index contributed by atoms with van der Waals surface area (Å²) in [4.78, 5) is 1.33. The highest BCUT2D eigenvalue weighted by Gasteiger charge is 2.22. The minimum absolute atomic E-state index is 0.251. The molecule has 0 fully saturated rings. The van der Waals surface area contributed by atoms with Crippen LogP contribution in [-0.2, 0) is 11.8 Å². The van der Waals surface area contributed by atoms with Crippen molar-refractivity contribution in [3.05, 3.63) is 59.4 Å². The van der Waals surface area contributed by atoms with Gasteiger partial charge in [-0.3, -0.25) is 0 Å². The third-order valence-corrected chi connectivity index (χ3v) is 5.17. The van der Waals surface area contributed by atoms with Gasteiger partial charge in [-0.2, -0.15) is 0 Å². The Kier molecular flexibility index (Phi) is 4.32. The van der Waals surface area contributed by atoms with Gasteiger partial charge in [-0.15, -0.1) is 11.8 Å². The number of ether oxygens (including phenoxy) is 1. The fraction of sp³-hybridized carbons (Fsp3) is 0.250. The topological polar surface area (TPSA) is 9.23 Å². The van der Waals surface area contributed by atoms with Crippen LogP contribution in [0.3, 0.4) is 0 Å². The van der Waals surface area contributed by atoms with Crippen LogP contribution in [0, 0.1) is 5.82 Å². The number of rotatable bonds is 4. The van der Waals surface area contributed by atoms with Crippen molar-refractivity contribution >= 4 is 27.7 Å². The molecule has 2 aromatic carbocycles. The Labute approximate surface area is 130 Å². The summed E-state index contributed by atoms with van der Waals surface area (Å²) in [5, 5.41) is 1.04. The molecule has 0 saturated carbocycles.